The lowest BCUT2D eigenvalue weighted by Gasteiger charge is -2.33. The lowest BCUT2D eigenvalue weighted by molar-refractivity contribution is 0.0867. The molecular weight excluding hydrogens is 378 g/mol. The summed E-state index contributed by atoms with van der Waals surface area (Å²) >= 11 is 0. The Morgan fingerprint density at radius 3 is 2.52 bits per heavy atom. The van der Waals surface area contributed by atoms with Crippen molar-refractivity contribution in [3.63, 3.8) is 0 Å². The second kappa shape index (κ2) is 7.00. The van der Waals surface area contributed by atoms with Crippen LogP contribution in [0.15, 0.2) is 30.3 Å². The number of H-pyrrole nitrogens is 2. The van der Waals surface area contributed by atoms with Crippen molar-refractivity contribution in [2.24, 2.45) is 5.41 Å². The summed E-state index contributed by atoms with van der Waals surface area (Å²) in [6.45, 7) is 13.1. The summed E-state index contributed by atoms with van der Waals surface area (Å²) in [6, 6.07) is 10.6. The smallest absolute Gasteiger partial charge is 0.171 e. The van der Waals surface area contributed by atoms with E-state index in [1.165, 1.54) is 5.56 Å². The predicted octanol–water partition coefficient (Wildman–Crippen LogP) is 5.08. The summed E-state index contributed by atoms with van der Waals surface area (Å²) < 4.78 is 6.41. The first-order chi connectivity index (χ1) is 13.6. The van der Waals surface area contributed by atoms with E-state index in [2.05, 4.69) is 78.1 Å². The van der Waals surface area contributed by atoms with Crippen LogP contribution >= 0.6 is 0 Å². The number of nitrogens with one attached hydrogen (secondary N) is 2. The van der Waals surface area contributed by atoms with Gasteiger partial charge in [0.25, 0.3) is 0 Å². The molecule has 29 heavy (non-hydrogen) atoms. The van der Waals surface area contributed by atoms with Gasteiger partial charge in [-0.1, -0.05) is 26.8 Å². The summed E-state index contributed by atoms with van der Waals surface area (Å²) in [4.78, 5) is 15.7. The van der Waals surface area contributed by atoms with E-state index >= 15 is 0 Å². The van der Waals surface area contributed by atoms with Gasteiger partial charge in [-0.2, -0.15) is 0 Å². The fourth-order valence-corrected chi connectivity index (χ4v) is 4.95. The number of rotatable bonds is 4. The van der Waals surface area contributed by atoms with Crippen LogP contribution in [0, 0.1) is 12.3 Å². The highest BCUT2D eigenvalue weighted by atomic mass is 28.3. The van der Waals surface area contributed by atoms with Crippen molar-refractivity contribution in [1.29, 1.82) is 0 Å². The van der Waals surface area contributed by atoms with Gasteiger partial charge in [-0.25, -0.2) is 9.97 Å². The third-order valence-corrected chi connectivity index (χ3v) is 5.84. The van der Waals surface area contributed by atoms with Crippen molar-refractivity contribution in [3.8, 4) is 11.3 Å². The number of nitrogens with zero attached hydrogens (tertiary/aromatic N) is 2. The Balaban J connectivity index is 1.82. The Hall–Kier alpha value is -2.64. The van der Waals surface area contributed by atoms with Crippen molar-refractivity contribution in [3.05, 3.63) is 41.7 Å². The van der Waals surface area contributed by atoms with Gasteiger partial charge in [-0.15, -0.1) is 0 Å². The fourth-order valence-electron chi connectivity index (χ4n) is 3.84. The number of anilines is 1. The van der Waals surface area contributed by atoms with Gasteiger partial charge in [0.15, 0.2) is 14.7 Å². The van der Waals surface area contributed by atoms with Crippen LogP contribution in [0.2, 0.25) is 13.1 Å². The van der Waals surface area contributed by atoms with Crippen LogP contribution in [0.1, 0.15) is 38.3 Å². The predicted molar refractivity (Wildman–Crippen MR) is 122 cm³/mol. The van der Waals surface area contributed by atoms with Crippen molar-refractivity contribution in [2.45, 2.75) is 46.9 Å². The van der Waals surface area contributed by atoms with Crippen molar-refractivity contribution in [2.75, 3.05) is 5.73 Å². The monoisotopic (exact) mass is 407 g/mol. The second-order valence-electron chi connectivity index (χ2n) is 9.07. The number of aryl methyl sites for hydroxylation is 1. The summed E-state index contributed by atoms with van der Waals surface area (Å²) in [7, 11) is -1.18. The number of nitrogen functional groups attached to an aromatic ring is 1. The molecule has 7 heteroatoms. The molecule has 6 nitrogen and oxygen atoms in total. The number of benzene rings is 1. The molecule has 0 aliphatic heterocycles. The SMILES string of the molecule is Cc1nc2c(-c3cc4cc(C(O[SiH](C)C)C(C)(C)C)ccc4[nH]3)cc(N)nc2[nH]1. The molecule has 3 heterocycles. The number of nitrogens with two attached hydrogens (primary N) is 1. The van der Waals surface area contributed by atoms with Gasteiger partial charge in [-0.05, 0) is 55.3 Å². The molecule has 0 bridgehead atoms. The van der Waals surface area contributed by atoms with E-state index in [1.807, 2.05) is 13.0 Å². The van der Waals surface area contributed by atoms with Crippen molar-refractivity contribution < 1.29 is 4.43 Å². The quantitative estimate of drug-likeness (QED) is 0.411. The maximum absolute atomic E-state index is 6.41. The minimum Gasteiger partial charge on any atom is -0.413 e. The van der Waals surface area contributed by atoms with Gasteiger partial charge in [0.2, 0.25) is 0 Å². The van der Waals surface area contributed by atoms with Crippen molar-refractivity contribution >= 4 is 36.9 Å². The Morgan fingerprint density at radius 2 is 1.83 bits per heavy atom. The van der Waals surface area contributed by atoms with Crippen LogP contribution in [-0.2, 0) is 4.43 Å². The van der Waals surface area contributed by atoms with Gasteiger partial charge >= 0.3 is 0 Å². The molecule has 3 aromatic heterocycles. The second-order valence-corrected chi connectivity index (χ2v) is 11.4. The minimum atomic E-state index is -1.18. The summed E-state index contributed by atoms with van der Waals surface area (Å²) in [5.41, 5.74) is 11.8. The van der Waals surface area contributed by atoms with E-state index in [4.69, 9.17) is 10.2 Å². The lowest BCUT2D eigenvalue weighted by Crippen LogP contribution is -2.25. The third-order valence-electron chi connectivity index (χ3n) is 5.02. The first kappa shape index (κ1) is 19.7. The number of hydrogen-bond acceptors (Lipinski definition) is 4. The maximum atomic E-state index is 6.41. The van der Waals surface area contributed by atoms with Crippen LogP contribution in [0.5, 0.6) is 0 Å². The molecule has 0 amide bonds. The largest absolute Gasteiger partial charge is 0.413 e. The number of fused-ring (bicyclic) bond motifs is 2. The summed E-state index contributed by atoms with van der Waals surface area (Å²) in [5.74, 6) is 1.29. The molecule has 0 saturated heterocycles. The molecule has 4 N–H and O–H groups in total. The molecule has 4 rings (SSSR count). The van der Waals surface area contributed by atoms with Gasteiger partial charge in [0, 0.05) is 22.2 Å². The Kier molecular flexibility index (Phi) is 4.75. The molecule has 0 aliphatic rings. The standard InChI is InChI=1S/C22H29N5OSi/c1-12-24-19-15(11-18(23)27-21(19)25-12)17-10-14-9-13(7-8-16(14)26-17)20(22(2,3)4)28-29(5)6/h7-11,20,26,29H,1-6H3,(H3,23,24,25,27). The van der Waals surface area contributed by atoms with Crippen LogP contribution in [-0.4, -0.2) is 29.0 Å². The molecule has 0 radical (unpaired) electrons. The average molecular weight is 408 g/mol. The van der Waals surface area contributed by atoms with Crippen LogP contribution in [0.25, 0.3) is 33.3 Å². The summed E-state index contributed by atoms with van der Waals surface area (Å²) in [6.07, 6.45) is 0.0779. The number of hydrogen-bond donors (Lipinski definition) is 3. The first-order valence-electron chi connectivity index (χ1n) is 10.0. The zero-order chi connectivity index (χ0) is 20.9. The van der Waals surface area contributed by atoms with Gasteiger partial charge < -0.3 is 20.1 Å². The van der Waals surface area contributed by atoms with E-state index < -0.39 is 9.04 Å². The van der Waals surface area contributed by atoms with Crippen molar-refractivity contribution in [1.82, 2.24) is 19.9 Å². The van der Waals surface area contributed by atoms with Gasteiger partial charge in [0.05, 0.1) is 6.10 Å². The van der Waals surface area contributed by atoms with Crippen LogP contribution < -0.4 is 5.73 Å². The number of aromatic amines is 2. The molecule has 1 aromatic carbocycles. The summed E-state index contributed by atoms with van der Waals surface area (Å²) in [5, 5.41) is 1.15. The highest BCUT2D eigenvalue weighted by Gasteiger charge is 2.28. The van der Waals surface area contributed by atoms with E-state index in [0.29, 0.717) is 11.5 Å². The molecular formula is C22H29N5OSi. The third kappa shape index (κ3) is 3.80. The topological polar surface area (TPSA) is 92.6 Å². The van der Waals surface area contributed by atoms with E-state index in [1.54, 1.807) is 0 Å². The molecule has 0 spiro atoms. The molecule has 1 unspecified atom stereocenters. The van der Waals surface area contributed by atoms with E-state index in [9.17, 15) is 0 Å². The minimum absolute atomic E-state index is 0.0301. The zero-order valence-electron chi connectivity index (χ0n) is 17.9. The van der Waals surface area contributed by atoms with Gasteiger partial charge in [0.1, 0.15) is 17.2 Å². The van der Waals surface area contributed by atoms with E-state index in [-0.39, 0.29) is 11.5 Å². The van der Waals surface area contributed by atoms with Crippen LogP contribution in [0.4, 0.5) is 5.82 Å². The number of pyridine rings is 1. The Morgan fingerprint density at radius 1 is 1.07 bits per heavy atom. The highest BCUT2D eigenvalue weighted by molar-refractivity contribution is 6.48. The molecule has 152 valence electrons. The molecule has 1 atom stereocenters. The normalized spacial score (nSPS) is 13.6. The first-order valence-corrected chi connectivity index (χ1v) is 12.8. The number of aromatic nitrogens is 4. The van der Waals surface area contributed by atoms with Gasteiger partial charge in [-0.3, -0.25) is 0 Å². The fraction of sp³-hybridized carbons (Fsp3) is 0.364. The van der Waals surface area contributed by atoms with E-state index in [0.717, 1.165) is 33.5 Å². The maximum Gasteiger partial charge on any atom is 0.171 e. The lowest BCUT2D eigenvalue weighted by atomic mass is 9.84. The van der Waals surface area contributed by atoms with Crippen LogP contribution in [0.3, 0.4) is 0 Å². The molecule has 0 aliphatic carbocycles. The Bertz CT molecular complexity index is 1190. The molecule has 4 aromatic rings. The average Bonchev–Trinajstić information content (AvgIpc) is 3.19. The highest BCUT2D eigenvalue weighted by Crippen LogP contribution is 2.38. The molecule has 0 fully saturated rings. The number of imidazole rings is 1. The Labute approximate surface area is 172 Å². The molecule has 0 saturated carbocycles. The zero-order valence-corrected chi connectivity index (χ0v) is 19.1.